The third-order valence-electron chi connectivity index (χ3n) is 14.0. The van der Waals surface area contributed by atoms with E-state index >= 15 is 0 Å². The van der Waals surface area contributed by atoms with Crippen molar-refractivity contribution in [2.75, 3.05) is 13.2 Å². The van der Waals surface area contributed by atoms with Gasteiger partial charge in [0.25, 0.3) is 0 Å². The maximum Gasteiger partial charge on any atom is 0.306 e. The van der Waals surface area contributed by atoms with Gasteiger partial charge in [0.1, 0.15) is 13.2 Å². The molecule has 0 aromatic rings. The fourth-order valence-corrected chi connectivity index (χ4v) is 9.11. The molecule has 0 spiro atoms. The van der Waals surface area contributed by atoms with Crippen LogP contribution >= 0.6 is 0 Å². The Morgan fingerprint density at radius 2 is 0.519 bits per heavy atom. The van der Waals surface area contributed by atoms with Gasteiger partial charge in [0.2, 0.25) is 0 Å². The first-order valence-electron chi connectivity index (χ1n) is 33.0. The van der Waals surface area contributed by atoms with E-state index in [1.807, 2.05) is 6.08 Å². The third kappa shape index (κ3) is 64.5. The first kappa shape index (κ1) is 74.8. The number of ether oxygens (including phenoxy) is 3. The van der Waals surface area contributed by atoms with Crippen LogP contribution in [0.25, 0.3) is 0 Å². The fourth-order valence-electron chi connectivity index (χ4n) is 9.11. The lowest BCUT2D eigenvalue weighted by molar-refractivity contribution is -0.166. The molecule has 6 heteroatoms. The Balaban J connectivity index is 4.16. The molecule has 1 atom stereocenters. The summed E-state index contributed by atoms with van der Waals surface area (Å²) in [5.41, 5.74) is 0. The van der Waals surface area contributed by atoms with Gasteiger partial charge in [0, 0.05) is 19.3 Å². The van der Waals surface area contributed by atoms with Crippen LogP contribution < -0.4 is 0 Å². The Hall–Kier alpha value is -4.19. The van der Waals surface area contributed by atoms with E-state index in [0.29, 0.717) is 19.3 Å². The van der Waals surface area contributed by atoms with Gasteiger partial charge in [-0.15, -0.1) is 0 Å². The molecule has 1 unspecified atom stereocenters. The van der Waals surface area contributed by atoms with E-state index in [4.69, 9.17) is 14.2 Å². The zero-order valence-electron chi connectivity index (χ0n) is 51.6. The summed E-state index contributed by atoms with van der Waals surface area (Å²) in [6.07, 6.45) is 92.5. The van der Waals surface area contributed by atoms with Crippen LogP contribution in [0.2, 0.25) is 0 Å². The van der Waals surface area contributed by atoms with Crippen LogP contribution in [0.3, 0.4) is 0 Å². The Morgan fingerprint density at radius 3 is 0.823 bits per heavy atom. The Labute approximate surface area is 488 Å². The lowest BCUT2D eigenvalue weighted by atomic mass is 10.0. The maximum atomic E-state index is 12.8. The average molecular weight is 1100 g/mol. The highest BCUT2D eigenvalue weighted by Gasteiger charge is 2.19. The molecule has 0 aliphatic heterocycles. The first-order chi connectivity index (χ1) is 39.0. The number of hydrogen-bond donors (Lipinski definition) is 0. The molecule has 6 nitrogen and oxygen atoms in total. The molecule has 0 N–H and O–H groups in total. The monoisotopic (exact) mass is 1090 g/mol. The molecule has 0 aliphatic carbocycles. The molecular weight excluding hydrogens is 973 g/mol. The van der Waals surface area contributed by atoms with Crippen molar-refractivity contribution < 1.29 is 28.6 Å². The molecule has 0 radical (unpaired) electrons. The normalized spacial score (nSPS) is 12.9. The molecule has 0 aromatic heterocycles. The summed E-state index contributed by atoms with van der Waals surface area (Å²) in [6.45, 7) is 6.35. The zero-order valence-corrected chi connectivity index (χ0v) is 51.6. The summed E-state index contributed by atoms with van der Waals surface area (Å²) in [7, 11) is 0. The molecule has 0 aliphatic rings. The van der Waals surface area contributed by atoms with E-state index in [1.165, 1.54) is 154 Å². The smallest absolute Gasteiger partial charge is 0.306 e. The minimum atomic E-state index is -0.817. The van der Waals surface area contributed by atoms with Gasteiger partial charge in [0.05, 0.1) is 0 Å². The van der Waals surface area contributed by atoms with Gasteiger partial charge in [-0.25, -0.2) is 0 Å². The second-order valence-corrected chi connectivity index (χ2v) is 21.6. The highest BCUT2D eigenvalue weighted by molar-refractivity contribution is 5.71. The quantitative estimate of drug-likeness (QED) is 0.0261. The molecular formula is C73H122O6. The van der Waals surface area contributed by atoms with Gasteiger partial charge in [0.15, 0.2) is 6.10 Å². The second kappa shape index (κ2) is 66.3. The average Bonchev–Trinajstić information content (AvgIpc) is 3.45. The van der Waals surface area contributed by atoms with E-state index in [9.17, 15) is 14.4 Å². The predicted molar refractivity (Wildman–Crippen MR) is 343 cm³/mol. The molecule has 0 bridgehead atoms. The van der Waals surface area contributed by atoms with E-state index in [2.05, 4.69) is 136 Å². The summed E-state index contributed by atoms with van der Waals surface area (Å²) < 4.78 is 16.8. The minimum absolute atomic E-state index is 0.106. The van der Waals surface area contributed by atoms with Gasteiger partial charge in [-0.05, 0) is 96.3 Å². The van der Waals surface area contributed by atoms with Crippen molar-refractivity contribution in [3.63, 3.8) is 0 Å². The first-order valence-corrected chi connectivity index (χ1v) is 33.0. The number of carbonyl (C=O) groups excluding carboxylic acids is 3. The predicted octanol–water partition coefficient (Wildman–Crippen LogP) is 22.8. The van der Waals surface area contributed by atoms with Crippen molar-refractivity contribution >= 4 is 17.9 Å². The van der Waals surface area contributed by atoms with Crippen LogP contribution in [-0.2, 0) is 28.6 Å². The molecule has 0 amide bonds. The van der Waals surface area contributed by atoms with Crippen molar-refractivity contribution in [3.8, 4) is 0 Å². The van der Waals surface area contributed by atoms with Crippen LogP contribution in [0, 0.1) is 0 Å². The van der Waals surface area contributed by atoms with E-state index in [0.717, 1.165) is 103 Å². The molecule has 0 rings (SSSR count). The van der Waals surface area contributed by atoms with E-state index in [1.54, 1.807) is 0 Å². The standard InChI is InChI=1S/C73H122O6/c1-4-7-10-13-16-19-21-23-25-27-29-30-31-32-33-34-35-36-37-38-39-40-41-42-44-45-47-49-51-54-57-60-63-66-72(75)78-69-70(68-77-71(74)65-62-59-56-53-18-15-12-9-6-3)79-73(76)67-64-61-58-55-52-50-48-46-43-28-26-24-22-20-17-14-11-8-5-2/h7-8,10-11,16-17,19-20,23-26,29-30,43,46,50,52,58,61,70H,4-6,9,12-15,18,21-22,27-28,31-42,44-45,47-49,51,53-57,59-60,62-69H2,1-3H3/b10-7-,11-8-,19-16-,20-17-,25-23-,26-24-,30-29-,46-43-,52-50-,61-58-. The minimum Gasteiger partial charge on any atom is -0.462 e. The lowest BCUT2D eigenvalue weighted by Gasteiger charge is -2.18. The van der Waals surface area contributed by atoms with Crippen molar-refractivity contribution in [3.05, 3.63) is 122 Å². The molecule has 0 fully saturated rings. The summed E-state index contributed by atoms with van der Waals surface area (Å²) in [6, 6.07) is 0. The molecule has 0 heterocycles. The highest BCUT2D eigenvalue weighted by Crippen LogP contribution is 2.17. The largest absolute Gasteiger partial charge is 0.462 e. The number of hydrogen-bond acceptors (Lipinski definition) is 6. The lowest BCUT2D eigenvalue weighted by Crippen LogP contribution is -2.30. The number of rotatable bonds is 59. The molecule has 450 valence electrons. The Kier molecular flexibility index (Phi) is 62.8. The Bertz CT molecular complexity index is 1640. The summed E-state index contributed by atoms with van der Waals surface area (Å²) >= 11 is 0. The second-order valence-electron chi connectivity index (χ2n) is 21.6. The SMILES string of the molecule is CC/C=C\C/C=C\C/C=C\C/C=C\C/C=C\C/C=C\CCC(=O)OC(COC(=O)CCCCCCCCCCC)COC(=O)CCCCCCCCCCCCCCCCCCCCCC/C=C\C/C=C\C/C=C\C/C=C\CC. The summed E-state index contributed by atoms with van der Waals surface area (Å²) in [4.78, 5) is 38.1. The van der Waals surface area contributed by atoms with Crippen molar-refractivity contribution in [2.45, 2.75) is 309 Å². The van der Waals surface area contributed by atoms with Gasteiger partial charge >= 0.3 is 17.9 Å². The number of unbranched alkanes of at least 4 members (excludes halogenated alkanes) is 28. The molecule has 0 saturated carbocycles. The molecule has 79 heavy (non-hydrogen) atoms. The van der Waals surface area contributed by atoms with Crippen LogP contribution in [0.15, 0.2) is 122 Å². The van der Waals surface area contributed by atoms with Crippen LogP contribution in [0.4, 0.5) is 0 Å². The van der Waals surface area contributed by atoms with Crippen LogP contribution in [0.5, 0.6) is 0 Å². The van der Waals surface area contributed by atoms with E-state index in [-0.39, 0.29) is 31.6 Å². The number of carbonyl (C=O) groups is 3. The van der Waals surface area contributed by atoms with Crippen molar-refractivity contribution in [2.24, 2.45) is 0 Å². The summed E-state index contributed by atoms with van der Waals surface area (Å²) in [5.74, 6) is -0.986. The zero-order chi connectivity index (χ0) is 57.1. The fraction of sp³-hybridized carbons (Fsp3) is 0.685. The molecule has 0 saturated heterocycles. The van der Waals surface area contributed by atoms with Crippen LogP contribution in [0.1, 0.15) is 303 Å². The van der Waals surface area contributed by atoms with Crippen molar-refractivity contribution in [1.29, 1.82) is 0 Å². The number of allylic oxidation sites excluding steroid dienone is 20. The van der Waals surface area contributed by atoms with E-state index < -0.39 is 12.1 Å². The highest BCUT2D eigenvalue weighted by atomic mass is 16.6. The van der Waals surface area contributed by atoms with Gasteiger partial charge in [-0.1, -0.05) is 309 Å². The molecule has 0 aromatic carbocycles. The maximum absolute atomic E-state index is 12.8. The van der Waals surface area contributed by atoms with Gasteiger partial charge in [-0.3, -0.25) is 14.4 Å². The van der Waals surface area contributed by atoms with Gasteiger partial charge < -0.3 is 14.2 Å². The summed E-state index contributed by atoms with van der Waals surface area (Å²) in [5, 5.41) is 0. The van der Waals surface area contributed by atoms with Crippen LogP contribution in [-0.4, -0.2) is 37.2 Å². The topological polar surface area (TPSA) is 78.9 Å². The van der Waals surface area contributed by atoms with Crippen molar-refractivity contribution in [1.82, 2.24) is 0 Å². The third-order valence-corrected chi connectivity index (χ3v) is 14.0. The Morgan fingerprint density at radius 1 is 0.266 bits per heavy atom. The van der Waals surface area contributed by atoms with Gasteiger partial charge in [-0.2, -0.15) is 0 Å². The number of esters is 3.